The Labute approximate surface area is 107 Å². The van der Waals surface area contributed by atoms with E-state index in [9.17, 15) is 4.79 Å². The van der Waals surface area contributed by atoms with Crippen molar-refractivity contribution in [3.05, 3.63) is 46.0 Å². The van der Waals surface area contributed by atoms with Gasteiger partial charge in [0.15, 0.2) is 0 Å². The van der Waals surface area contributed by atoms with E-state index in [-0.39, 0.29) is 11.7 Å². The second-order valence-corrected chi connectivity index (χ2v) is 4.37. The number of rotatable bonds is 3. The third-order valence-electron chi connectivity index (χ3n) is 2.20. The molecule has 0 saturated carbocycles. The first-order valence-corrected chi connectivity index (χ1v) is 5.86. The van der Waals surface area contributed by atoms with Crippen LogP contribution < -0.4 is 5.32 Å². The smallest absolute Gasteiger partial charge is 0.291 e. The van der Waals surface area contributed by atoms with Gasteiger partial charge in [-0.25, -0.2) is 4.98 Å². The lowest BCUT2D eigenvalue weighted by Crippen LogP contribution is -2.24. The van der Waals surface area contributed by atoms with Gasteiger partial charge in [-0.1, -0.05) is 34.1 Å². The quantitative estimate of drug-likeness (QED) is 0.907. The van der Waals surface area contributed by atoms with Gasteiger partial charge in [-0.2, -0.15) is 0 Å². The standard InChI is InChI=1S/C11H11BrN4O/c1-7-14-10(16-15-7)11(17)13-6-8-4-2-3-5-9(8)12/h2-5H,6H2,1H3,(H,13,17)(H,14,15,16). The molecule has 1 aromatic heterocycles. The topological polar surface area (TPSA) is 70.7 Å². The number of hydrogen-bond acceptors (Lipinski definition) is 3. The highest BCUT2D eigenvalue weighted by Gasteiger charge is 2.10. The molecule has 0 unspecified atom stereocenters. The second-order valence-electron chi connectivity index (χ2n) is 3.52. The van der Waals surface area contributed by atoms with Gasteiger partial charge in [0.1, 0.15) is 5.82 Å². The molecular weight excluding hydrogens is 284 g/mol. The summed E-state index contributed by atoms with van der Waals surface area (Å²) in [5, 5.41) is 9.17. The third-order valence-corrected chi connectivity index (χ3v) is 2.97. The number of H-pyrrole nitrogens is 1. The highest BCUT2D eigenvalue weighted by Crippen LogP contribution is 2.15. The number of halogens is 1. The summed E-state index contributed by atoms with van der Waals surface area (Å²) in [6.07, 6.45) is 0. The number of hydrogen-bond donors (Lipinski definition) is 2. The van der Waals surface area contributed by atoms with Gasteiger partial charge in [0.25, 0.3) is 5.91 Å². The Morgan fingerprint density at radius 1 is 1.47 bits per heavy atom. The van der Waals surface area contributed by atoms with Crippen LogP contribution in [0.3, 0.4) is 0 Å². The highest BCUT2D eigenvalue weighted by molar-refractivity contribution is 9.10. The molecule has 0 aliphatic rings. The number of amides is 1. The molecule has 0 saturated heterocycles. The summed E-state index contributed by atoms with van der Waals surface area (Å²) in [6, 6.07) is 7.71. The molecule has 1 aromatic carbocycles. The number of aromatic amines is 1. The summed E-state index contributed by atoms with van der Waals surface area (Å²) in [7, 11) is 0. The average Bonchev–Trinajstić information content (AvgIpc) is 2.74. The van der Waals surface area contributed by atoms with Crippen LogP contribution in [-0.4, -0.2) is 21.1 Å². The van der Waals surface area contributed by atoms with Crippen LogP contribution in [0.4, 0.5) is 0 Å². The van der Waals surface area contributed by atoms with E-state index in [1.165, 1.54) is 0 Å². The van der Waals surface area contributed by atoms with E-state index in [1.54, 1.807) is 6.92 Å². The van der Waals surface area contributed by atoms with Gasteiger partial charge in [0.05, 0.1) is 0 Å². The molecule has 1 amide bonds. The number of carbonyl (C=O) groups excluding carboxylic acids is 1. The van der Waals surface area contributed by atoms with E-state index in [0.717, 1.165) is 10.0 Å². The van der Waals surface area contributed by atoms with Crippen LogP contribution in [0.15, 0.2) is 28.7 Å². The number of benzene rings is 1. The summed E-state index contributed by atoms with van der Waals surface area (Å²) >= 11 is 3.42. The van der Waals surface area contributed by atoms with Gasteiger partial charge in [-0.15, -0.1) is 5.10 Å². The number of nitrogens with one attached hydrogen (secondary N) is 2. The SMILES string of the molecule is Cc1nc(C(=O)NCc2ccccc2Br)n[nH]1. The van der Waals surface area contributed by atoms with Crippen molar-refractivity contribution in [2.75, 3.05) is 0 Å². The minimum Gasteiger partial charge on any atom is -0.345 e. The van der Waals surface area contributed by atoms with Gasteiger partial charge < -0.3 is 5.32 Å². The molecule has 0 bridgehead atoms. The van der Waals surface area contributed by atoms with Crippen molar-refractivity contribution in [1.29, 1.82) is 0 Å². The van der Waals surface area contributed by atoms with Crippen LogP contribution in [0.1, 0.15) is 22.0 Å². The molecule has 0 fully saturated rings. The normalized spacial score (nSPS) is 10.2. The summed E-state index contributed by atoms with van der Waals surface area (Å²) in [5.41, 5.74) is 1.01. The Morgan fingerprint density at radius 2 is 2.24 bits per heavy atom. The molecule has 5 nitrogen and oxygen atoms in total. The minimum atomic E-state index is -0.287. The number of nitrogens with zero attached hydrogens (tertiary/aromatic N) is 2. The maximum atomic E-state index is 11.7. The predicted octanol–water partition coefficient (Wildman–Crippen LogP) is 1.81. The fourth-order valence-electron chi connectivity index (χ4n) is 1.34. The monoisotopic (exact) mass is 294 g/mol. The highest BCUT2D eigenvalue weighted by atomic mass is 79.9. The Morgan fingerprint density at radius 3 is 2.88 bits per heavy atom. The summed E-state index contributed by atoms with van der Waals surface area (Å²) in [4.78, 5) is 15.6. The largest absolute Gasteiger partial charge is 0.345 e. The van der Waals surface area contributed by atoms with Crippen LogP contribution >= 0.6 is 15.9 Å². The molecule has 0 radical (unpaired) electrons. The first kappa shape index (κ1) is 11.8. The zero-order chi connectivity index (χ0) is 12.3. The van der Waals surface area contributed by atoms with Crippen molar-refractivity contribution in [3.8, 4) is 0 Å². The zero-order valence-corrected chi connectivity index (χ0v) is 10.8. The number of aromatic nitrogens is 3. The fraction of sp³-hybridized carbons (Fsp3) is 0.182. The van der Waals surface area contributed by atoms with Crippen LogP contribution in [0, 0.1) is 6.92 Å². The van der Waals surface area contributed by atoms with Gasteiger partial charge in [-0.05, 0) is 18.6 Å². The van der Waals surface area contributed by atoms with Crippen LogP contribution in [0.25, 0.3) is 0 Å². The minimum absolute atomic E-state index is 0.162. The lowest BCUT2D eigenvalue weighted by atomic mass is 10.2. The predicted molar refractivity (Wildman–Crippen MR) is 66.4 cm³/mol. The molecule has 17 heavy (non-hydrogen) atoms. The van der Waals surface area contributed by atoms with Gasteiger partial charge in [0.2, 0.25) is 5.82 Å². The average molecular weight is 295 g/mol. The Kier molecular flexibility index (Phi) is 3.53. The van der Waals surface area contributed by atoms with E-state index in [1.807, 2.05) is 24.3 Å². The molecule has 2 aromatic rings. The maximum Gasteiger partial charge on any atom is 0.291 e. The molecule has 0 atom stereocenters. The van der Waals surface area contributed by atoms with Crippen molar-refractivity contribution < 1.29 is 4.79 Å². The van der Waals surface area contributed by atoms with E-state index in [2.05, 4.69) is 36.4 Å². The summed E-state index contributed by atoms with van der Waals surface area (Å²) < 4.78 is 0.964. The van der Waals surface area contributed by atoms with Crippen LogP contribution in [0.5, 0.6) is 0 Å². The summed E-state index contributed by atoms with van der Waals surface area (Å²) in [6.45, 7) is 2.19. The molecule has 88 valence electrons. The molecule has 0 aliphatic carbocycles. The summed E-state index contributed by atoms with van der Waals surface area (Å²) in [5.74, 6) is 0.496. The van der Waals surface area contributed by atoms with E-state index in [4.69, 9.17) is 0 Å². The van der Waals surface area contributed by atoms with Crippen molar-refractivity contribution in [2.45, 2.75) is 13.5 Å². The van der Waals surface area contributed by atoms with Crippen molar-refractivity contribution in [3.63, 3.8) is 0 Å². The lowest BCUT2D eigenvalue weighted by molar-refractivity contribution is 0.0941. The van der Waals surface area contributed by atoms with Gasteiger partial charge >= 0.3 is 0 Å². The Bertz CT molecular complexity index is 538. The molecule has 1 heterocycles. The maximum absolute atomic E-state index is 11.7. The molecule has 6 heteroatoms. The third kappa shape index (κ3) is 2.91. The first-order valence-electron chi connectivity index (χ1n) is 5.07. The molecule has 0 spiro atoms. The fourth-order valence-corrected chi connectivity index (χ4v) is 1.77. The number of aryl methyl sites for hydroxylation is 1. The van der Waals surface area contributed by atoms with Crippen LogP contribution in [0.2, 0.25) is 0 Å². The van der Waals surface area contributed by atoms with E-state index < -0.39 is 0 Å². The molecular formula is C11H11BrN4O. The van der Waals surface area contributed by atoms with Gasteiger partial charge in [0, 0.05) is 11.0 Å². The zero-order valence-electron chi connectivity index (χ0n) is 9.20. The molecule has 0 aliphatic heterocycles. The van der Waals surface area contributed by atoms with Gasteiger partial charge in [-0.3, -0.25) is 9.89 Å². The lowest BCUT2D eigenvalue weighted by Gasteiger charge is -2.04. The first-order chi connectivity index (χ1) is 8.16. The van der Waals surface area contributed by atoms with Crippen molar-refractivity contribution in [2.24, 2.45) is 0 Å². The van der Waals surface area contributed by atoms with Crippen molar-refractivity contribution in [1.82, 2.24) is 20.5 Å². The van der Waals surface area contributed by atoms with Crippen molar-refractivity contribution >= 4 is 21.8 Å². The molecule has 2 N–H and O–H groups in total. The van der Waals surface area contributed by atoms with Crippen LogP contribution in [-0.2, 0) is 6.54 Å². The molecule has 2 rings (SSSR count). The number of carbonyl (C=O) groups is 1. The Hall–Kier alpha value is -1.69. The van der Waals surface area contributed by atoms with E-state index in [0.29, 0.717) is 12.4 Å². The van der Waals surface area contributed by atoms with E-state index >= 15 is 0 Å². The Balaban J connectivity index is 1.99. The second kappa shape index (κ2) is 5.09.